The highest BCUT2D eigenvalue weighted by molar-refractivity contribution is 7.90. The summed E-state index contributed by atoms with van der Waals surface area (Å²) in [5.74, 6) is -0.671. The Labute approximate surface area is 129 Å². The molecule has 2 aromatic rings. The third-order valence-electron chi connectivity index (χ3n) is 2.76. The van der Waals surface area contributed by atoms with Crippen molar-refractivity contribution in [3.63, 3.8) is 0 Å². The minimum atomic E-state index is -3.90. The average Bonchev–Trinajstić information content (AvgIpc) is 2.87. The van der Waals surface area contributed by atoms with Crippen LogP contribution in [0.25, 0.3) is 0 Å². The van der Waals surface area contributed by atoms with Crippen LogP contribution in [-0.4, -0.2) is 24.1 Å². The molecule has 1 amide bonds. The van der Waals surface area contributed by atoms with Crippen LogP contribution in [0.2, 0.25) is 0 Å². The number of carbonyl (C=O) groups is 1. The molecule has 1 aromatic carbocycles. The van der Waals surface area contributed by atoms with Crippen molar-refractivity contribution >= 4 is 15.9 Å². The molecule has 1 heterocycles. The summed E-state index contributed by atoms with van der Waals surface area (Å²) in [6, 6.07) is 9.55. The van der Waals surface area contributed by atoms with Gasteiger partial charge in [0.25, 0.3) is 15.9 Å². The van der Waals surface area contributed by atoms with E-state index in [9.17, 15) is 13.2 Å². The van der Waals surface area contributed by atoms with E-state index in [1.54, 1.807) is 13.8 Å². The summed E-state index contributed by atoms with van der Waals surface area (Å²) < 4.78 is 27.6. The number of rotatable bonds is 5. The van der Waals surface area contributed by atoms with Crippen molar-refractivity contribution in [3.05, 3.63) is 59.9 Å². The Hall–Kier alpha value is -2.41. The topological polar surface area (TPSA) is 81.1 Å². The lowest BCUT2D eigenvalue weighted by Gasteiger charge is -2.03. The molecule has 0 spiro atoms. The molecule has 0 saturated heterocycles. The van der Waals surface area contributed by atoms with Gasteiger partial charge in [-0.15, -0.1) is 0 Å². The fourth-order valence-electron chi connectivity index (χ4n) is 1.82. The number of nitrogens with zero attached hydrogens (tertiary/aromatic N) is 2. The van der Waals surface area contributed by atoms with Crippen molar-refractivity contribution in [3.8, 4) is 0 Å². The smallest absolute Gasteiger partial charge is 0.267 e. The van der Waals surface area contributed by atoms with Gasteiger partial charge >= 0.3 is 0 Å². The lowest BCUT2D eigenvalue weighted by molar-refractivity contribution is -0.114. The molecule has 0 fully saturated rings. The van der Waals surface area contributed by atoms with Gasteiger partial charge in [0.05, 0.1) is 12.7 Å². The van der Waals surface area contributed by atoms with E-state index >= 15 is 0 Å². The lowest BCUT2D eigenvalue weighted by Crippen LogP contribution is -2.29. The van der Waals surface area contributed by atoms with Crippen LogP contribution in [0.1, 0.15) is 19.4 Å². The van der Waals surface area contributed by atoms with Gasteiger partial charge in [0.15, 0.2) is 0 Å². The molecule has 6 nitrogen and oxygen atoms in total. The second-order valence-electron chi connectivity index (χ2n) is 5.05. The molecule has 0 aliphatic rings. The second kappa shape index (κ2) is 6.57. The highest BCUT2D eigenvalue weighted by Gasteiger charge is 2.18. The Morgan fingerprint density at radius 3 is 2.59 bits per heavy atom. The van der Waals surface area contributed by atoms with Crippen LogP contribution in [0.4, 0.5) is 0 Å². The highest BCUT2D eigenvalue weighted by atomic mass is 32.2. The summed E-state index contributed by atoms with van der Waals surface area (Å²) in [7, 11) is -3.90. The number of allylic oxidation sites excluding steroid dienone is 1. The van der Waals surface area contributed by atoms with Gasteiger partial charge in [-0.3, -0.25) is 9.48 Å². The Morgan fingerprint density at radius 2 is 1.95 bits per heavy atom. The van der Waals surface area contributed by atoms with Crippen LogP contribution in [0.5, 0.6) is 0 Å². The number of aromatic nitrogens is 2. The highest BCUT2D eigenvalue weighted by Crippen LogP contribution is 2.09. The van der Waals surface area contributed by atoms with Crippen molar-refractivity contribution in [1.29, 1.82) is 0 Å². The molecule has 0 unspecified atom stereocenters. The quantitative estimate of drug-likeness (QED) is 0.851. The zero-order chi connectivity index (χ0) is 16.2. The van der Waals surface area contributed by atoms with E-state index in [0.717, 1.165) is 5.56 Å². The third-order valence-corrected chi connectivity index (χ3v) is 4.06. The van der Waals surface area contributed by atoms with Crippen LogP contribution >= 0.6 is 0 Å². The minimum Gasteiger partial charge on any atom is -0.269 e. The standard InChI is InChI=1S/C15H17N3O3S/c1-12(2)8-15(19)17-22(20,21)14-9-16-18(11-14)10-13-6-4-3-5-7-13/h3-9,11H,10H2,1-2H3,(H,17,19). The van der Waals surface area contributed by atoms with Crippen molar-refractivity contribution in [2.24, 2.45) is 0 Å². The summed E-state index contributed by atoms with van der Waals surface area (Å²) in [4.78, 5) is 11.5. The summed E-state index contributed by atoms with van der Waals surface area (Å²) in [6.45, 7) is 3.88. The molecule has 22 heavy (non-hydrogen) atoms. The normalized spacial score (nSPS) is 11.0. The van der Waals surface area contributed by atoms with Crippen molar-refractivity contribution < 1.29 is 13.2 Å². The molecule has 0 aliphatic heterocycles. The van der Waals surface area contributed by atoms with Gasteiger partial charge in [0, 0.05) is 12.3 Å². The summed E-state index contributed by atoms with van der Waals surface area (Å²) >= 11 is 0. The molecular formula is C15H17N3O3S. The zero-order valence-corrected chi connectivity index (χ0v) is 13.2. The van der Waals surface area contributed by atoms with Crippen molar-refractivity contribution in [2.45, 2.75) is 25.3 Å². The first-order valence-corrected chi connectivity index (χ1v) is 8.13. The van der Waals surface area contributed by atoms with Gasteiger partial charge in [0.2, 0.25) is 0 Å². The Morgan fingerprint density at radius 1 is 1.27 bits per heavy atom. The van der Waals surface area contributed by atoms with E-state index in [0.29, 0.717) is 12.1 Å². The predicted octanol–water partition coefficient (Wildman–Crippen LogP) is 1.70. The lowest BCUT2D eigenvalue weighted by atomic mass is 10.2. The first kappa shape index (κ1) is 16.0. The Bertz CT molecular complexity index is 788. The maximum Gasteiger partial charge on any atom is 0.267 e. The summed E-state index contributed by atoms with van der Waals surface area (Å²) in [5.41, 5.74) is 1.72. The van der Waals surface area contributed by atoms with Crippen LogP contribution in [0, 0.1) is 0 Å². The first-order chi connectivity index (χ1) is 10.4. The Kier molecular flexibility index (Phi) is 4.77. The summed E-state index contributed by atoms with van der Waals surface area (Å²) in [6.07, 6.45) is 3.85. The number of amides is 1. The maximum absolute atomic E-state index is 12.1. The third kappa shape index (κ3) is 4.29. The second-order valence-corrected chi connectivity index (χ2v) is 6.73. The minimum absolute atomic E-state index is 0.0427. The van der Waals surface area contributed by atoms with Crippen molar-refractivity contribution in [1.82, 2.24) is 14.5 Å². The molecule has 116 valence electrons. The molecular weight excluding hydrogens is 302 g/mol. The van der Waals surface area contributed by atoms with Crippen LogP contribution < -0.4 is 4.72 Å². The van der Waals surface area contributed by atoms with Crippen LogP contribution in [0.3, 0.4) is 0 Å². The number of nitrogens with one attached hydrogen (secondary N) is 1. The van der Waals surface area contributed by atoms with Gasteiger partial charge in [-0.25, -0.2) is 13.1 Å². The maximum atomic E-state index is 12.1. The number of hydrogen-bond donors (Lipinski definition) is 1. The van der Waals surface area contributed by atoms with E-state index < -0.39 is 15.9 Å². The molecule has 0 radical (unpaired) electrons. The van der Waals surface area contributed by atoms with Crippen LogP contribution in [-0.2, 0) is 21.4 Å². The molecule has 7 heteroatoms. The average molecular weight is 319 g/mol. The number of hydrogen-bond acceptors (Lipinski definition) is 4. The molecule has 0 saturated carbocycles. The van der Waals surface area contributed by atoms with E-state index in [1.165, 1.54) is 23.2 Å². The molecule has 0 bridgehead atoms. The van der Waals surface area contributed by atoms with Gasteiger partial charge in [0.1, 0.15) is 4.90 Å². The molecule has 2 rings (SSSR count). The van der Waals surface area contributed by atoms with E-state index in [-0.39, 0.29) is 4.90 Å². The largest absolute Gasteiger partial charge is 0.269 e. The van der Waals surface area contributed by atoms with Crippen molar-refractivity contribution in [2.75, 3.05) is 0 Å². The fraction of sp³-hybridized carbons (Fsp3) is 0.200. The van der Waals surface area contributed by atoms with E-state index in [1.807, 2.05) is 35.1 Å². The monoisotopic (exact) mass is 319 g/mol. The molecule has 0 aliphatic carbocycles. The predicted molar refractivity (Wildman–Crippen MR) is 82.5 cm³/mol. The van der Waals surface area contributed by atoms with Gasteiger partial charge in [-0.05, 0) is 19.4 Å². The number of sulfonamides is 1. The molecule has 1 aromatic heterocycles. The molecule has 1 N–H and O–H groups in total. The van der Waals surface area contributed by atoms with Gasteiger partial charge in [-0.1, -0.05) is 35.9 Å². The SMILES string of the molecule is CC(C)=CC(=O)NS(=O)(=O)c1cnn(Cc2ccccc2)c1. The summed E-state index contributed by atoms with van der Waals surface area (Å²) in [5, 5.41) is 4.02. The first-order valence-electron chi connectivity index (χ1n) is 6.65. The zero-order valence-electron chi connectivity index (χ0n) is 12.4. The number of carbonyl (C=O) groups excluding carboxylic acids is 1. The molecule has 0 atom stereocenters. The van der Waals surface area contributed by atoms with E-state index in [2.05, 4.69) is 5.10 Å². The van der Waals surface area contributed by atoms with E-state index in [4.69, 9.17) is 0 Å². The number of benzene rings is 1. The van der Waals surface area contributed by atoms with Gasteiger partial charge < -0.3 is 0 Å². The fourth-order valence-corrected chi connectivity index (χ4v) is 2.71. The van der Waals surface area contributed by atoms with Crippen LogP contribution in [0.15, 0.2) is 59.3 Å². The van der Waals surface area contributed by atoms with Gasteiger partial charge in [-0.2, -0.15) is 5.10 Å². The Balaban J connectivity index is 2.13.